The summed E-state index contributed by atoms with van der Waals surface area (Å²) in [5.74, 6) is 0. The molecule has 0 fully saturated rings. The molecule has 3 heterocycles. The van der Waals surface area contributed by atoms with E-state index < -0.39 is 0 Å². The highest BCUT2D eigenvalue weighted by atomic mass is 16.5. The van der Waals surface area contributed by atoms with E-state index in [1.54, 1.807) is 6.26 Å². The SMILES string of the molecule is C1=CCN2C=CC=CC2=C1.C1=CCOC=C1. The molecule has 0 radical (unpaired) electrons. The van der Waals surface area contributed by atoms with E-state index in [4.69, 9.17) is 4.74 Å². The van der Waals surface area contributed by atoms with Gasteiger partial charge in [0.25, 0.3) is 0 Å². The van der Waals surface area contributed by atoms with E-state index in [0.717, 1.165) is 13.2 Å². The summed E-state index contributed by atoms with van der Waals surface area (Å²) in [6.07, 6.45) is 22.1. The Bertz CT molecular complexity index is 385. The van der Waals surface area contributed by atoms with Gasteiger partial charge >= 0.3 is 0 Å². The molecule has 2 heteroatoms. The Labute approximate surface area is 96.2 Å². The lowest BCUT2D eigenvalue weighted by Gasteiger charge is -2.23. The maximum atomic E-state index is 4.80. The number of fused-ring (bicyclic) bond motifs is 1. The minimum atomic E-state index is 0.733. The third kappa shape index (κ3) is 3.02. The van der Waals surface area contributed by atoms with Gasteiger partial charge in [-0.05, 0) is 30.4 Å². The molecule has 0 spiro atoms. The third-order valence-corrected chi connectivity index (χ3v) is 2.30. The molecule has 0 bridgehead atoms. The second-order valence-electron chi connectivity index (χ2n) is 3.46. The van der Waals surface area contributed by atoms with Crippen LogP contribution in [-0.4, -0.2) is 18.1 Å². The Morgan fingerprint density at radius 3 is 2.62 bits per heavy atom. The van der Waals surface area contributed by atoms with Crippen LogP contribution < -0.4 is 0 Å². The van der Waals surface area contributed by atoms with Gasteiger partial charge in [0.1, 0.15) is 6.61 Å². The first kappa shape index (κ1) is 10.6. The van der Waals surface area contributed by atoms with Crippen molar-refractivity contribution >= 4 is 0 Å². The topological polar surface area (TPSA) is 12.5 Å². The Morgan fingerprint density at radius 1 is 1.00 bits per heavy atom. The lowest BCUT2D eigenvalue weighted by atomic mass is 10.2. The Balaban J connectivity index is 0.000000138. The number of nitrogens with zero attached hydrogens (tertiary/aromatic N) is 1. The van der Waals surface area contributed by atoms with Gasteiger partial charge in [-0.3, -0.25) is 0 Å². The zero-order valence-corrected chi connectivity index (χ0v) is 9.12. The van der Waals surface area contributed by atoms with Crippen LogP contribution in [0.3, 0.4) is 0 Å². The zero-order chi connectivity index (χ0) is 11.1. The average molecular weight is 213 g/mol. The number of allylic oxidation sites excluding steroid dienone is 7. The fourth-order valence-corrected chi connectivity index (χ4v) is 1.49. The molecule has 82 valence electrons. The van der Waals surface area contributed by atoms with Crippen LogP contribution in [0.15, 0.2) is 72.8 Å². The Hall–Kier alpha value is -1.96. The number of ether oxygens (including phenoxy) is 1. The Kier molecular flexibility index (Phi) is 3.83. The van der Waals surface area contributed by atoms with Crippen molar-refractivity contribution in [2.24, 2.45) is 0 Å². The van der Waals surface area contributed by atoms with Crippen LogP contribution in [0.2, 0.25) is 0 Å². The summed E-state index contributed by atoms with van der Waals surface area (Å²) in [6, 6.07) is 0. The predicted molar refractivity (Wildman–Crippen MR) is 66.4 cm³/mol. The predicted octanol–water partition coefficient (Wildman–Crippen LogP) is 2.91. The lowest BCUT2D eigenvalue weighted by Crippen LogP contribution is -2.18. The molecule has 0 aromatic rings. The highest BCUT2D eigenvalue weighted by molar-refractivity contribution is 5.33. The second-order valence-corrected chi connectivity index (χ2v) is 3.46. The molecule has 0 saturated heterocycles. The van der Waals surface area contributed by atoms with Crippen molar-refractivity contribution in [2.75, 3.05) is 13.2 Å². The molecule has 0 unspecified atom stereocenters. The summed E-state index contributed by atoms with van der Waals surface area (Å²) in [6.45, 7) is 1.74. The molecule has 0 aromatic heterocycles. The van der Waals surface area contributed by atoms with E-state index in [9.17, 15) is 0 Å². The molecular weight excluding hydrogens is 198 g/mol. The highest BCUT2D eigenvalue weighted by Gasteiger charge is 2.05. The van der Waals surface area contributed by atoms with Crippen LogP contribution in [0.25, 0.3) is 0 Å². The van der Waals surface area contributed by atoms with E-state index in [1.165, 1.54) is 5.70 Å². The third-order valence-electron chi connectivity index (χ3n) is 2.30. The molecule has 2 nitrogen and oxygen atoms in total. The molecule has 0 atom stereocenters. The quantitative estimate of drug-likeness (QED) is 0.613. The average Bonchev–Trinajstić information content (AvgIpc) is 2.42. The first-order chi connectivity index (χ1) is 7.97. The highest BCUT2D eigenvalue weighted by Crippen LogP contribution is 2.14. The van der Waals surface area contributed by atoms with Gasteiger partial charge in [-0.25, -0.2) is 0 Å². The fraction of sp³-hybridized carbons (Fsp3) is 0.143. The smallest absolute Gasteiger partial charge is 0.106 e. The molecule has 3 aliphatic heterocycles. The molecule has 0 aromatic carbocycles. The van der Waals surface area contributed by atoms with E-state index in [0.29, 0.717) is 0 Å². The normalized spacial score (nSPS) is 19.5. The summed E-state index contributed by atoms with van der Waals surface area (Å²) < 4.78 is 4.80. The van der Waals surface area contributed by atoms with E-state index >= 15 is 0 Å². The summed E-state index contributed by atoms with van der Waals surface area (Å²) in [5, 5.41) is 0. The molecule has 16 heavy (non-hydrogen) atoms. The molecule has 3 aliphatic rings. The minimum absolute atomic E-state index is 0.733. The van der Waals surface area contributed by atoms with E-state index in [-0.39, 0.29) is 0 Å². The van der Waals surface area contributed by atoms with E-state index in [2.05, 4.69) is 47.6 Å². The monoisotopic (exact) mass is 213 g/mol. The molecule has 3 rings (SSSR count). The standard InChI is InChI=1S/C9H9N.C5H6O/c1-3-7-10-8-4-2-6-9(10)5-1;1-2-4-6-5-3-1/h1-7H,8H2;1-4H,5H2. The molecule has 0 N–H and O–H groups in total. The number of hydrogen-bond donors (Lipinski definition) is 0. The summed E-state index contributed by atoms with van der Waals surface area (Å²) in [4.78, 5) is 2.21. The molecule has 0 aliphatic carbocycles. The number of hydrogen-bond acceptors (Lipinski definition) is 2. The molecular formula is C14H15NO. The van der Waals surface area contributed by atoms with Gasteiger partial charge in [0.2, 0.25) is 0 Å². The van der Waals surface area contributed by atoms with Crippen molar-refractivity contribution in [1.82, 2.24) is 4.90 Å². The summed E-state index contributed by atoms with van der Waals surface area (Å²) >= 11 is 0. The lowest BCUT2D eigenvalue weighted by molar-refractivity contribution is 0.286. The maximum Gasteiger partial charge on any atom is 0.106 e. The van der Waals surface area contributed by atoms with Crippen molar-refractivity contribution in [1.29, 1.82) is 0 Å². The largest absolute Gasteiger partial charge is 0.497 e. The summed E-state index contributed by atoms with van der Waals surface area (Å²) in [7, 11) is 0. The van der Waals surface area contributed by atoms with Crippen LogP contribution in [0.4, 0.5) is 0 Å². The molecule has 0 amide bonds. The van der Waals surface area contributed by atoms with Gasteiger partial charge in [-0.15, -0.1) is 0 Å². The summed E-state index contributed by atoms with van der Waals surface area (Å²) in [5.41, 5.74) is 1.28. The van der Waals surface area contributed by atoms with E-state index in [1.807, 2.05) is 18.2 Å². The maximum absolute atomic E-state index is 4.80. The van der Waals surface area contributed by atoms with Gasteiger partial charge in [-0.1, -0.05) is 24.3 Å². The van der Waals surface area contributed by atoms with Crippen molar-refractivity contribution in [3.05, 3.63) is 72.8 Å². The van der Waals surface area contributed by atoms with Crippen LogP contribution in [0.5, 0.6) is 0 Å². The van der Waals surface area contributed by atoms with Crippen LogP contribution in [-0.2, 0) is 4.74 Å². The first-order valence-corrected chi connectivity index (χ1v) is 5.38. The number of rotatable bonds is 0. The van der Waals surface area contributed by atoms with Crippen LogP contribution in [0, 0.1) is 0 Å². The van der Waals surface area contributed by atoms with Crippen LogP contribution in [0.1, 0.15) is 0 Å². The van der Waals surface area contributed by atoms with Gasteiger partial charge in [0, 0.05) is 18.4 Å². The van der Waals surface area contributed by atoms with Crippen molar-refractivity contribution in [3.63, 3.8) is 0 Å². The first-order valence-electron chi connectivity index (χ1n) is 5.38. The van der Waals surface area contributed by atoms with Gasteiger partial charge in [0.15, 0.2) is 0 Å². The van der Waals surface area contributed by atoms with Crippen molar-refractivity contribution in [3.8, 4) is 0 Å². The zero-order valence-electron chi connectivity index (χ0n) is 9.12. The van der Waals surface area contributed by atoms with Crippen LogP contribution >= 0.6 is 0 Å². The Morgan fingerprint density at radius 2 is 2.00 bits per heavy atom. The van der Waals surface area contributed by atoms with Crippen molar-refractivity contribution < 1.29 is 4.74 Å². The van der Waals surface area contributed by atoms with Gasteiger partial charge in [-0.2, -0.15) is 0 Å². The van der Waals surface area contributed by atoms with Crippen molar-refractivity contribution in [2.45, 2.75) is 0 Å². The minimum Gasteiger partial charge on any atom is -0.497 e. The van der Waals surface area contributed by atoms with Gasteiger partial charge < -0.3 is 9.64 Å². The molecule has 0 saturated carbocycles. The van der Waals surface area contributed by atoms with Gasteiger partial charge in [0.05, 0.1) is 6.26 Å². The second kappa shape index (κ2) is 5.81. The fourth-order valence-electron chi connectivity index (χ4n) is 1.49.